The van der Waals surface area contributed by atoms with Gasteiger partial charge in [0.25, 0.3) is 5.91 Å². The summed E-state index contributed by atoms with van der Waals surface area (Å²) in [7, 11) is 0. The van der Waals surface area contributed by atoms with Crippen molar-refractivity contribution in [2.45, 2.75) is 24.6 Å². The molecule has 2 atom stereocenters. The number of aromatic hydroxyl groups is 1. The number of benzene rings is 1. The molecule has 2 unspecified atom stereocenters. The van der Waals surface area contributed by atoms with Crippen molar-refractivity contribution in [3.8, 4) is 5.75 Å². The van der Waals surface area contributed by atoms with E-state index in [4.69, 9.17) is 16.7 Å². The van der Waals surface area contributed by atoms with Gasteiger partial charge in [-0.25, -0.2) is 0 Å². The highest BCUT2D eigenvalue weighted by atomic mass is 35.5. The standard InChI is InChI=1S/C13H16ClNO2/c14-11-4-1-9(7-11)8-15-13(17)10-2-5-12(16)6-3-10/h2-3,5-6,9,11,16H,1,4,7-8H2,(H,15,17). The van der Waals surface area contributed by atoms with Crippen molar-refractivity contribution in [1.29, 1.82) is 0 Å². The van der Waals surface area contributed by atoms with Gasteiger partial charge in [-0.1, -0.05) is 0 Å². The zero-order valence-electron chi connectivity index (χ0n) is 9.53. The fourth-order valence-electron chi connectivity index (χ4n) is 2.15. The Morgan fingerprint density at radius 2 is 2.06 bits per heavy atom. The van der Waals surface area contributed by atoms with E-state index in [0.29, 0.717) is 18.0 Å². The number of nitrogens with one attached hydrogen (secondary N) is 1. The Balaban J connectivity index is 1.83. The number of alkyl halides is 1. The minimum Gasteiger partial charge on any atom is -0.508 e. The molecule has 1 fully saturated rings. The van der Waals surface area contributed by atoms with Gasteiger partial charge < -0.3 is 10.4 Å². The number of amides is 1. The molecule has 0 bridgehead atoms. The lowest BCUT2D eigenvalue weighted by Crippen LogP contribution is -2.28. The van der Waals surface area contributed by atoms with Gasteiger partial charge in [-0.15, -0.1) is 11.6 Å². The van der Waals surface area contributed by atoms with Crippen molar-refractivity contribution in [1.82, 2.24) is 5.32 Å². The normalized spacial score (nSPS) is 23.6. The average molecular weight is 254 g/mol. The van der Waals surface area contributed by atoms with E-state index in [1.165, 1.54) is 12.1 Å². The monoisotopic (exact) mass is 253 g/mol. The summed E-state index contributed by atoms with van der Waals surface area (Å²) in [6.45, 7) is 0.683. The Morgan fingerprint density at radius 1 is 1.35 bits per heavy atom. The minimum absolute atomic E-state index is 0.0944. The lowest BCUT2D eigenvalue weighted by atomic mass is 10.1. The maximum atomic E-state index is 11.8. The molecular formula is C13H16ClNO2. The largest absolute Gasteiger partial charge is 0.508 e. The molecule has 1 saturated carbocycles. The molecule has 0 radical (unpaired) electrons. The van der Waals surface area contributed by atoms with Crippen LogP contribution < -0.4 is 5.32 Å². The summed E-state index contributed by atoms with van der Waals surface area (Å²) in [6, 6.07) is 6.26. The van der Waals surface area contributed by atoms with E-state index in [2.05, 4.69) is 5.32 Å². The predicted molar refractivity (Wildman–Crippen MR) is 67.4 cm³/mol. The third-order valence-electron chi connectivity index (χ3n) is 3.16. The number of phenols is 1. The summed E-state index contributed by atoms with van der Waals surface area (Å²) >= 11 is 6.02. The fraction of sp³-hybridized carbons (Fsp3) is 0.462. The highest BCUT2D eigenvalue weighted by Gasteiger charge is 2.23. The van der Waals surface area contributed by atoms with Gasteiger partial charge in [0.2, 0.25) is 0 Å². The zero-order valence-corrected chi connectivity index (χ0v) is 10.3. The molecule has 0 aromatic heterocycles. The van der Waals surface area contributed by atoms with Gasteiger partial charge in [-0.3, -0.25) is 4.79 Å². The van der Waals surface area contributed by atoms with E-state index in [1.807, 2.05) is 0 Å². The van der Waals surface area contributed by atoms with E-state index in [1.54, 1.807) is 12.1 Å². The van der Waals surface area contributed by atoms with Crippen LogP contribution in [0.5, 0.6) is 5.75 Å². The molecule has 1 aromatic carbocycles. The second-order valence-corrected chi connectivity index (χ2v) is 5.15. The van der Waals surface area contributed by atoms with Crippen molar-refractivity contribution in [2.24, 2.45) is 5.92 Å². The summed E-state index contributed by atoms with van der Waals surface area (Å²) in [4.78, 5) is 11.8. The van der Waals surface area contributed by atoms with Crippen molar-refractivity contribution in [3.05, 3.63) is 29.8 Å². The first-order valence-corrected chi connectivity index (χ1v) is 6.30. The van der Waals surface area contributed by atoms with Crippen molar-refractivity contribution in [2.75, 3.05) is 6.54 Å². The van der Waals surface area contributed by atoms with Crippen LogP contribution in [0.1, 0.15) is 29.6 Å². The van der Waals surface area contributed by atoms with Crippen LogP contribution in [-0.2, 0) is 0 Å². The van der Waals surface area contributed by atoms with E-state index < -0.39 is 0 Å². The highest BCUT2D eigenvalue weighted by molar-refractivity contribution is 6.20. The highest BCUT2D eigenvalue weighted by Crippen LogP contribution is 2.28. The van der Waals surface area contributed by atoms with Crippen LogP contribution in [0.15, 0.2) is 24.3 Å². The summed E-state index contributed by atoms with van der Waals surface area (Å²) in [5, 5.41) is 12.3. The van der Waals surface area contributed by atoms with E-state index >= 15 is 0 Å². The van der Waals surface area contributed by atoms with Gasteiger partial charge in [-0.05, 0) is 49.4 Å². The molecule has 0 heterocycles. The molecule has 17 heavy (non-hydrogen) atoms. The van der Waals surface area contributed by atoms with Gasteiger partial charge in [0, 0.05) is 17.5 Å². The van der Waals surface area contributed by atoms with Crippen molar-refractivity contribution >= 4 is 17.5 Å². The van der Waals surface area contributed by atoms with Gasteiger partial charge in [0.15, 0.2) is 0 Å². The average Bonchev–Trinajstić information content (AvgIpc) is 2.73. The first-order chi connectivity index (χ1) is 8.15. The van der Waals surface area contributed by atoms with Crippen molar-refractivity contribution < 1.29 is 9.90 Å². The Bertz CT molecular complexity index is 391. The van der Waals surface area contributed by atoms with Crippen LogP contribution in [0.25, 0.3) is 0 Å². The number of carbonyl (C=O) groups excluding carboxylic acids is 1. The van der Waals surface area contributed by atoms with Gasteiger partial charge >= 0.3 is 0 Å². The number of halogens is 1. The number of hydrogen-bond donors (Lipinski definition) is 2. The van der Waals surface area contributed by atoms with Crippen LogP contribution in [-0.4, -0.2) is 22.9 Å². The Morgan fingerprint density at radius 3 is 2.65 bits per heavy atom. The van der Waals surface area contributed by atoms with Gasteiger partial charge in [-0.2, -0.15) is 0 Å². The SMILES string of the molecule is O=C(NCC1CCC(Cl)C1)c1ccc(O)cc1. The molecule has 1 aliphatic carbocycles. The molecule has 1 amide bonds. The summed E-state index contributed by atoms with van der Waals surface area (Å²) < 4.78 is 0. The molecule has 2 rings (SSSR count). The van der Waals surface area contributed by atoms with E-state index in [-0.39, 0.29) is 17.0 Å². The lowest BCUT2D eigenvalue weighted by Gasteiger charge is -2.10. The van der Waals surface area contributed by atoms with E-state index in [9.17, 15) is 4.79 Å². The third-order valence-corrected chi connectivity index (χ3v) is 3.55. The van der Waals surface area contributed by atoms with Gasteiger partial charge in [0.05, 0.1) is 0 Å². The molecule has 1 aliphatic rings. The van der Waals surface area contributed by atoms with Crippen LogP contribution in [0, 0.1) is 5.92 Å². The topological polar surface area (TPSA) is 49.3 Å². The quantitative estimate of drug-likeness (QED) is 0.814. The smallest absolute Gasteiger partial charge is 0.251 e. The second kappa shape index (κ2) is 5.41. The van der Waals surface area contributed by atoms with Crippen LogP contribution in [0.3, 0.4) is 0 Å². The molecule has 92 valence electrons. The molecule has 3 nitrogen and oxygen atoms in total. The number of phenolic OH excluding ortho intramolecular Hbond substituents is 1. The molecule has 4 heteroatoms. The first-order valence-electron chi connectivity index (χ1n) is 5.86. The Hall–Kier alpha value is -1.22. The molecule has 1 aromatic rings. The number of rotatable bonds is 3. The Kier molecular flexibility index (Phi) is 3.89. The zero-order chi connectivity index (χ0) is 12.3. The van der Waals surface area contributed by atoms with Gasteiger partial charge in [0.1, 0.15) is 5.75 Å². The second-order valence-electron chi connectivity index (χ2n) is 4.53. The van der Waals surface area contributed by atoms with Crippen LogP contribution in [0.2, 0.25) is 0 Å². The summed E-state index contributed by atoms with van der Waals surface area (Å²) in [5.74, 6) is 0.573. The minimum atomic E-state index is -0.0944. The molecule has 0 spiro atoms. The fourth-order valence-corrected chi connectivity index (χ4v) is 2.53. The number of carbonyl (C=O) groups is 1. The first kappa shape index (κ1) is 12.2. The summed E-state index contributed by atoms with van der Waals surface area (Å²) in [5.41, 5.74) is 0.572. The third kappa shape index (κ3) is 3.37. The van der Waals surface area contributed by atoms with E-state index in [0.717, 1.165) is 19.3 Å². The molecule has 0 saturated heterocycles. The molecular weight excluding hydrogens is 238 g/mol. The van der Waals surface area contributed by atoms with Crippen LogP contribution >= 0.6 is 11.6 Å². The maximum absolute atomic E-state index is 11.8. The van der Waals surface area contributed by atoms with Crippen LogP contribution in [0.4, 0.5) is 0 Å². The molecule has 2 N–H and O–H groups in total. The lowest BCUT2D eigenvalue weighted by molar-refractivity contribution is 0.0947. The summed E-state index contributed by atoms with van der Waals surface area (Å²) in [6.07, 6.45) is 3.11. The Labute approximate surface area is 106 Å². The molecule has 0 aliphatic heterocycles. The van der Waals surface area contributed by atoms with Crippen molar-refractivity contribution in [3.63, 3.8) is 0 Å². The predicted octanol–water partition coefficient (Wildman–Crippen LogP) is 2.53. The maximum Gasteiger partial charge on any atom is 0.251 e. The number of hydrogen-bond acceptors (Lipinski definition) is 2.